The van der Waals surface area contributed by atoms with Crippen molar-refractivity contribution in [3.8, 4) is 10.4 Å². The van der Waals surface area contributed by atoms with Gasteiger partial charge in [-0.05, 0) is 12.1 Å². The molecule has 0 aliphatic rings. The molecule has 0 saturated carbocycles. The summed E-state index contributed by atoms with van der Waals surface area (Å²) in [6, 6.07) is 2.43. The molecule has 0 spiro atoms. The number of hydrogen-bond donors (Lipinski definition) is 1. The molecule has 2 aromatic heterocycles. The van der Waals surface area contributed by atoms with Crippen LogP contribution in [0.3, 0.4) is 0 Å². The Bertz CT molecular complexity index is 489. The van der Waals surface area contributed by atoms with Crippen LogP contribution in [0.2, 0.25) is 0 Å². The standard InChI is InChI=1S/C9H6F3N3S/c10-9(11,12)7-2-1-6(16-7)5-3-14-8(13)15-4-5/h1-4H,(H2,13,14,15). The van der Waals surface area contributed by atoms with E-state index in [0.29, 0.717) is 21.8 Å². The van der Waals surface area contributed by atoms with Crippen molar-refractivity contribution in [3.63, 3.8) is 0 Å². The first-order chi connectivity index (χ1) is 7.47. The van der Waals surface area contributed by atoms with Gasteiger partial charge in [0.25, 0.3) is 0 Å². The van der Waals surface area contributed by atoms with E-state index in [1.165, 1.54) is 18.5 Å². The summed E-state index contributed by atoms with van der Waals surface area (Å²) in [7, 11) is 0. The average molecular weight is 245 g/mol. The summed E-state index contributed by atoms with van der Waals surface area (Å²) >= 11 is 0.653. The topological polar surface area (TPSA) is 51.8 Å². The number of rotatable bonds is 1. The van der Waals surface area contributed by atoms with E-state index in [4.69, 9.17) is 5.73 Å². The zero-order valence-electron chi connectivity index (χ0n) is 7.82. The number of hydrogen-bond acceptors (Lipinski definition) is 4. The van der Waals surface area contributed by atoms with Gasteiger partial charge in [-0.1, -0.05) is 0 Å². The maximum absolute atomic E-state index is 12.3. The van der Waals surface area contributed by atoms with Crippen LogP contribution in [0.4, 0.5) is 19.1 Å². The van der Waals surface area contributed by atoms with Crippen molar-refractivity contribution < 1.29 is 13.2 Å². The molecule has 2 aromatic rings. The summed E-state index contributed by atoms with van der Waals surface area (Å²) in [5.41, 5.74) is 5.80. The summed E-state index contributed by atoms with van der Waals surface area (Å²) in [4.78, 5) is 7.26. The first kappa shape index (κ1) is 10.9. The first-order valence-electron chi connectivity index (χ1n) is 4.22. The van der Waals surface area contributed by atoms with E-state index >= 15 is 0 Å². The lowest BCUT2D eigenvalue weighted by Gasteiger charge is -2.01. The van der Waals surface area contributed by atoms with Crippen LogP contribution in [0.1, 0.15) is 4.88 Å². The fourth-order valence-corrected chi connectivity index (χ4v) is 1.96. The highest BCUT2D eigenvalue weighted by atomic mass is 32.1. The number of nitrogens with two attached hydrogens (primary N) is 1. The molecular formula is C9H6F3N3S. The lowest BCUT2D eigenvalue weighted by atomic mass is 10.3. The van der Waals surface area contributed by atoms with Gasteiger partial charge in [-0.2, -0.15) is 13.2 Å². The second kappa shape index (κ2) is 3.75. The zero-order chi connectivity index (χ0) is 11.8. The lowest BCUT2D eigenvalue weighted by Crippen LogP contribution is -2.00. The number of anilines is 1. The summed E-state index contributed by atoms with van der Waals surface area (Å²) in [5.74, 6) is 0.0938. The van der Waals surface area contributed by atoms with Crippen molar-refractivity contribution in [1.29, 1.82) is 0 Å². The number of alkyl halides is 3. The third-order valence-electron chi connectivity index (χ3n) is 1.84. The van der Waals surface area contributed by atoms with Crippen LogP contribution in [0.15, 0.2) is 24.5 Å². The molecule has 0 aliphatic carbocycles. The highest BCUT2D eigenvalue weighted by Gasteiger charge is 2.32. The molecular weight excluding hydrogens is 239 g/mol. The minimum atomic E-state index is -4.31. The van der Waals surface area contributed by atoms with Gasteiger partial charge in [0.05, 0.1) is 0 Å². The molecule has 0 amide bonds. The van der Waals surface area contributed by atoms with E-state index in [9.17, 15) is 13.2 Å². The van der Waals surface area contributed by atoms with Crippen LogP contribution >= 0.6 is 11.3 Å². The van der Waals surface area contributed by atoms with E-state index in [1.54, 1.807) is 0 Å². The molecule has 0 fully saturated rings. The molecule has 0 aliphatic heterocycles. The summed E-state index contributed by atoms with van der Waals surface area (Å²) in [6.45, 7) is 0. The van der Waals surface area contributed by atoms with Crippen LogP contribution in [-0.2, 0) is 6.18 Å². The number of halogens is 3. The molecule has 0 aromatic carbocycles. The maximum Gasteiger partial charge on any atom is 0.425 e. The highest BCUT2D eigenvalue weighted by molar-refractivity contribution is 7.15. The third kappa shape index (κ3) is 2.13. The predicted molar refractivity (Wildman–Crippen MR) is 54.8 cm³/mol. The SMILES string of the molecule is Nc1ncc(-c2ccc(C(F)(F)F)s2)cn1. The molecule has 0 atom stereocenters. The average Bonchev–Trinajstić information content (AvgIpc) is 2.67. The quantitative estimate of drug-likeness (QED) is 0.840. The molecule has 16 heavy (non-hydrogen) atoms. The minimum absolute atomic E-state index is 0.0938. The molecule has 84 valence electrons. The predicted octanol–water partition coefficient (Wildman–Crippen LogP) is 2.81. The number of nitrogen functional groups attached to an aromatic ring is 1. The van der Waals surface area contributed by atoms with Crippen LogP contribution < -0.4 is 5.73 Å². The van der Waals surface area contributed by atoms with Crippen molar-refractivity contribution in [3.05, 3.63) is 29.4 Å². The number of nitrogens with zero attached hydrogens (tertiary/aromatic N) is 2. The molecule has 2 rings (SSSR count). The molecule has 0 bridgehead atoms. The van der Waals surface area contributed by atoms with Gasteiger partial charge in [-0.15, -0.1) is 11.3 Å². The maximum atomic E-state index is 12.3. The van der Waals surface area contributed by atoms with Crippen molar-refractivity contribution in [1.82, 2.24) is 9.97 Å². The van der Waals surface area contributed by atoms with Gasteiger partial charge < -0.3 is 5.73 Å². The van der Waals surface area contributed by atoms with E-state index in [0.717, 1.165) is 6.07 Å². The second-order valence-electron chi connectivity index (χ2n) is 2.99. The third-order valence-corrected chi connectivity index (χ3v) is 3.02. The van der Waals surface area contributed by atoms with E-state index in [1.807, 2.05) is 0 Å². The Labute approximate surface area is 92.8 Å². The lowest BCUT2D eigenvalue weighted by molar-refractivity contribution is -0.134. The Balaban J connectivity index is 2.35. The number of aromatic nitrogens is 2. The fraction of sp³-hybridized carbons (Fsp3) is 0.111. The molecule has 7 heteroatoms. The van der Waals surface area contributed by atoms with Gasteiger partial charge in [-0.25, -0.2) is 9.97 Å². The summed E-state index contributed by atoms with van der Waals surface area (Å²) in [6.07, 6.45) is -1.51. The van der Waals surface area contributed by atoms with E-state index < -0.39 is 11.1 Å². The molecule has 2 heterocycles. The highest BCUT2D eigenvalue weighted by Crippen LogP contribution is 2.37. The monoisotopic (exact) mass is 245 g/mol. The molecule has 0 saturated heterocycles. The Morgan fingerprint density at radius 1 is 1.12 bits per heavy atom. The van der Waals surface area contributed by atoms with Crippen molar-refractivity contribution in [2.24, 2.45) is 0 Å². The Hall–Kier alpha value is -1.63. The Morgan fingerprint density at radius 2 is 1.75 bits per heavy atom. The molecule has 2 N–H and O–H groups in total. The minimum Gasteiger partial charge on any atom is -0.368 e. The van der Waals surface area contributed by atoms with Crippen molar-refractivity contribution >= 4 is 17.3 Å². The second-order valence-corrected chi connectivity index (χ2v) is 4.08. The smallest absolute Gasteiger partial charge is 0.368 e. The van der Waals surface area contributed by atoms with Crippen molar-refractivity contribution in [2.45, 2.75) is 6.18 Å². The van der Waals surface area contributed by atoms with Gasteiger partial charge in [0.2, 0.25) is 5.95 Å². The van der Waals surface area contributed by atoms with Crippen LogP contribution in [0.25, 0.3) is 10.4 Å². The Kier molecular flexibility index (Phi) is 2.55. The number of thiophene rings is 1. The Morgan fingerprint density at radius 3 is 2.25 bits per heavy atom. The summed E-state index contributed by atoms with van der Waals surface area (Å²) < 4.78 is 37.0. The normalized spacial score (nSPS) is 11.7. The van der Waals surface area contributed by atoms with Gasteiger partial charge >= 0.3 is 6.18 Å². The van der Waals surface area contributed by atoms with Gasteiger partial charge in [0.1, 0.15) is 4.88 Å². The van der Waals surface area contributed by atoms with Crippen LogP contribution in [0, 0.1) is 0 Å². The van der Waals surface area contributed by atoms with Gasteiger partial charge in [0.15, 0.2) is 0 Å². The van der Waals surface area contributed by atoms with E-state index in [2.05, 4.69) is 9.97 Å². The fourth-order valence-electron chi connectivity index (χ4n) is 1.11. The van der Waals surface area contributed by atoms with Crippen molar-refractivity contribution in [2.75, 3.05) is 5.73 Å². The summed E-state index contributed by atoms with van der Waals surface area (Å²) in [5, 5.41) is 0. The van der Waals surface area contributed by atoms with Crippen LogP contribution in [-0.4, -0.2) is 9.97 Å². The van der Waals surface area contributed by atoms with Gasteiger partial charge in [-0.3, -0.25) is 0 Å². The largest absolute Gasteiger partial charge is 0.425 e. The van der Waals surface area contributed by atoms with Gasteiger partial charge in [0, 0.05) is 22.8 Å². The van der Waals surface area contributed by atoms with E-state index in [-0.39, 0.29) is 5.95 Å². The van der Waals surface area contributed by atoms with Crippen LogP contribution in [0.5, 0.6) is 0 Å². The molecule has 0 radical (unpaired) electrons. The first-order valence-corrected chi connectivity index (χ1v) is 5.03. The molecule has 0 unspecified atom stereocenters. The molecule has 3 nitrogen and oxygen atoms in total. The zero-order valence-corrected chi connectivity index (χ0v) is 8.64.